The fourth-order valence-corrected chi connectivity index (χ4v) is 2.56. The molecule has 1 aromatic heterocycles. The smallest absolute Gasteiger partial charge is 0.326 e. The molecule has 118 valence electrons. The number of hydrogen-bond acceptors (Lipinski definition) is 4. The Kier molecular flexibility index (Phi) is 5.32. The van der Waals surface area contributed by atoms with Crippen LogP contribution in [0.1, 0.15) is 16.9 Å². The van der Waals surface area contributed by atoms with Gasteiger partial charge in [0.15, 0.2) is 0 Å². The summed E-state index contributed by atoms with van der Waals surface area (Å²) >= 11 is 1.54. The highest BCUT2D eigenvalue weighted by molar-refractivity contribution is 7.98. The van der Waals surface area contributed by atoms with E-state index in [-0.39, 0.29) is 0 Å². The van der Waals surface area contributed by atoms with Crippen molar-refractivity contribution in [3.63, 3.8) is 0 Å². The number of carbonyl (C=O) groups excluding carboxylic acids is 1. The molecule has 3 N–H and O–H groups in total. The molecule has 2 rings (SSSR count). The van der Waals surface area contributed by atoms with Crippen molar-refractivity contribution in [1.82, 2.24) is 10.3 Å². The molecule has 1 atom stereocenters. The Balaban J connectivity index is 2.16. The van der Waals surface area contributed by atoms with Crippen LogP contribution in [0.15, 0.2) is 24.3 Å². The van der Waals surface area contributed by atoms with Gasteiger partial charge in [-0.2, -0.15) is 11.8 Å². The summed E-state index contributed by atoms with van der Waals surface area (Å²) in [5.74, 6) is -0.102. The molecule has 0 aliphatic rings. The van der Waals surface area contributed by atoms with Gasteiger partial charge < -0.3 is 20.1 Å². The number of thioether (sulfide) groups is 1. The first-order valence-corrected chi connectivity index (χ1v) is 8.14. The zero-order valence-corrected chi connectivity index (χ0v) is 13.2. The molecule has 0 aliphatic carbocycles. The van der Waals surface area contributed by atoms with Crippen LogP contribution in [0.4, 0.5) is 0 Å². The number of amides is 1. The normalized spacial score (nSPS) is 12.1. The van der Waals surface area contributed by atoms with Crippen molar-refractivity contribution in [1.29, 1.82) is 0 Å². The Morgan fingerprint density at radius 2 is 2.18 bits per heavy atom. The Morgan fingerprint density at radius 3 is 2.82 bits per heavy atom. The number of aromatic amines is 1. The lowest BCUT2D eigenvalue weighted by Gasteiger charge is -2.13. The quantitative estimate of drug-likeness (QED) is 0.726. The van der Waals surface area contributed by atoms with Crippen molar-refractivity contribution < 1.29 is 19.4 Å². The van der Waals surface area contributed by atoms with Gasteiger partial charge in [-0.3, -0.25) is 4.79 Å². The van der Waals surface area contributed by atoms with E-state index in [0.717, 1.165) is 10.9 Å². The lowest BCUT2D eigenvalue weighted by atomic mass is 10.2. The highest BCUT2D eigenvalue weighted by atomic mass is 32.2. The monoisotopic (exact) mass is 322 g/mol. The predicted molar refractivity (Wildman–Crippen MR) is 86.7 cm³/mol. The number of benzene rings is 1. The summed E-state index contributed by atoms with van der Waals surface area (Å²) in [5.41, 5.74) is 1.10. The number of aromatic nitrogens is 1. The van der Waals surface area contributed by atoms with Gasteiger partial charge in [0.2, 0.25) is 0 Å². The van der Waals surface area contributed by atoms with Crippen molar-refractivity contribution >= 4 is 34.5 Å². The fraction of sp³-hybridized carbons (Fsp3) is 0.333. The number of aliphatic carboxylic acids is 1. The fourth-order valence-electron chi connectivity index (χ4n) is 2.08. The van der Waals surface area contributed by atoms with E-state index in [9.17, 15) is 9.59 Å². The summed E-state index contributed by atoms with van der Waals surface area (Å²) in [4.78, 5) is 26.4. The maximum atomic E-state index is 12.2. The molecule has 0 saturated heterocycles. The van der Waals surface area contributed by atoms with Gasteiger partial charge in [0.25, 0.3) is 5.91 Å². The topological polar surface area (TPSA) is 91.4 Å². The molecule has 0 fully saturated rings. The highest BCUT2D eigenvalue weighted by Crippen LogP contribution is 2.21. The van der Waals surface area contributed by atoms with Crippen molar-refractivity contribution in [2.24, 2.45) is 0 Å². The Hall–Kier alpha value is -2.15. The Labute approximate surface area is 132 Å². The second kappa shape index (κ2) is 7.22. The molecular formula is C15H18N2O4S. The first-order chi connectivity index (χ1) is 10.5. The third-order valence-corrected chi connectivity index (χ3v) is 3.93. The van der Waals surface area contributed by atoms with E-state index in [4.69, 9.17) is 9.84 Å². The van der Waals surface area contributed by atoms with Gasteiger partial charge in [-0.15, -0.1) is 0 Å². The molecular weight excluding hydrogens is 304 g/mol. The summed E-state index contributed by atoms with van der Waals surface area (Å²) in [6.45, 7) is 0. The van der Waals surface area contributed by atoms with Gasteiger partial charge in [-0.25, -0.2) is 4.79 Å². The number of carboxylic acid groups (broad SMARTS) is 1. The van der Waals surface area contributed by atoms with Gasteiger partial charge in [-0.05, 0) is 36.6 Å². The molecule has 22 heavy (non-hydrogen) atoms. The number of rotatable bonds is 7. The van der Waals surface area contributed by atoms with E-state index in [1.807, 2.05) is 12.3 Å². The summed E-state index contributed by atoms with van der Waals surface area (Å²) in [6.07, 6.45) is 2.28. The van der Waals surface area contributed by atoms with E-state index in [2.05, 4.69) is 10.3 Å². The van der Waals surface area contributed by atoms with Gasteiger partial charge >= 0.3 is 5.97 Å². The Morgan fingerprint density at radius 1 is 1.41 bits per heavy atom. The number of hydrogen-bond donors (Lipinski definition) is 3. The van der Waals surface area contributed by atoms with E-state index >= 15 is 0 Å². The number of carbonyl (C=O) groups is 2. The zero-order valence-electron chi connectivity index (χ0n) is 12.4. The third-order valence-electron chi connectivity index (χ3n) is 3.29. The van der Waals surface area contributed by atoms with E-state index in [1.165, 1.54) is 0 Å². The number of ether oxygens (including phenoxy) is 1. The molecule has 2 aromatic rings. The van der Waals surface area contributed by atoms with Crippen LogP contribution >= 0.6 is 11.8 Å². The lowest BCUT2D eigenvalue weighted by molar-refractivity contribution is -0.139. The van der Waals surface area contributed by atoms with E-state index in [1.54, 1.807) is 37.1 Å². The number of H-pyrrole nitrogens is 1. The maximum absolute atomic E-state index is 12.2. The number of methoxy groups -OCH3 is 1. The van der Waals surface area contributed by atoms with Crippen molar-refractivity contribution in [3.05, 3.63) is 30.0 Å². The van der Waals surface area contributed by atoms with Crippen LogP contribution in [0.3, 0.4) is 0 Å². The molecule has 0 spiro atoms. The van der Waals surface area contributed by atoms with Gasteiger partial charge in [0, 0.05) is 17.0 Å². The molecule has 1 aromatic carbocycles. The van der Waals surface area contributed by atoms with Crippen molar-refractivity contribution in [2.45, 2.75) is 12.5 Å². The second-order valence-corrected chi connectivity index (χ2v) is 5.77. The summed E-state index contributed by atoms with van der Waals surface area (Å²) in [5, 5.41) is 12.6. The van der Waals surface area contributed by atoms with Crippen LogP contribution in [-0.4, -0.2) is 47.1 Å². The Bertz CT molecular complexity index is 683. The van der Waals surface area contributed by atoms with Crippen molar-refractivity contribution in [2.75, 3.05) is 19.1 Å². The first kappa shape index (κ1) is 16.2. The number of nitrogens with one attached hydrogen (secondary N) is 2. The van der Waals surface area contributed by atoms with Crippen LogP contribution in [0.2, 0.25) is 0 Å². The summed E-state index contributed by atoms with van der Waals surface area (Å²) < 4.78 is 5.13. The standard InChI is InChI=1S/C15H18N2O4S/c1-21-10-4-3-9-7-13(16-12(9)8-10)14(18)17-11(15(19)20)5-6-22-2/h3-4,7-8,11,16H,5-6H2,1-2H3,(H,17,18)(H,19,20)/t11-/m0/s1. The maximum Gasteiger partial charge on any atom is 0.326 e. The molecule has 1 amide bonds. The third kappa shape index (κ3) is 3.73. The summed E-state index contributed by atoms with van der Waals surface area (Å²) in [7, 11) is 1.57. The van der Waals surface area contributed by atoms with Crippen LogP contribution in [-0.2, 0) is 4.79 Å². The zero-order chi connectivity index (χ0) is 16.1. The minimum atomic E-state index is -1.03. The minimum Gasteiger partial charge on any atom is -0.497 e. The van der Waals surface area contributed by atoms with Gasteiger partial charge in [0.1, 0.15) is 17.5 Å². The van der Waals surface area contributed by atoms with Crippen LogP contribution in [0.25, 0.3) is 10.9 Å². The summed E-state index contributed by atoms with van der Waals surface area (Å²) in [6, 6.07) is 6.23. The molecule has 6 nitrogen and oxygen atoms in total. The lowest BCUT2D eigenvalue weighted by Crippen LogP contribution is -2.41. The van der Waals surface area contributed by atoms with Crippen LogP contribution in [0.5, 0.6) is 5.75 Å². The average Bonchev–Trinajstić information content (AvgIpc) is 2.93. The molecule has 0 saturated carbocycles. The van der Waals surface area contributed by atoms with Gasteiger partial charge in [0.05, 0.1) is 7.11 Å². The van der Waals surface area contributed by atoms with Crippen LogP contribution in [0, 0.1) is 0 Å². The highest BCUT2D eigenvalue weighted by Gasteiger charge is 2.21. The molecule has 0 unspecified atom stereocenters. The molecule has 0 bridgehead atoms. The van der Waals surface area contributed by atoms with E-state index < -0.39 is 17.9 Å². The minimum absolute atomic E-state index is 0.332. The van der Waals surface area contributed by atoms with Crippen molar-refractivity contribution in [3.8, 4) is 5.75 Å². The second-order valence-electron chi connectivity index (χ2n) is 4.78. The number of carboxylic acids is 1. The predicted octanol–water partition coefficient (Wildman–Crippen LogP) is 2.11. The number of fused-ring (bicyclic) bond motifs is 1. The molecule has 1 heterocycles. The molecule has 0 radical (unpaired) electrons. The molecule has 7 heteroatoms. The average molecular weight is 322 g/mol. The largest absolute Gasteiger partial charge is 0.497 e. The molecule has 0 aliphatic heterocycles. The van der Waals surface area contributed by atoms with Crippen LogP contribution < -0.4 is 10.1 Å². The SMILES string of the molecule is COc1ccc2cc(C(=O)N[C@@H](CCSC)C(=O)O)[nH]c2c1. The first-order valence-electron chi connectivity index (χ1n) is 6.74. The van der Waals surface area contributed by atoms with E-state index in [0.29, 0.717) is 23.6 Å². The van der Waals surface area contributed by atoms with Gasteiger partial charge in [-0.1, -0.05) is 0 Å².